The first-order chi connectivity index (χ1) is 14.7. The lowest BCUT2D eigenvalue weighted by atomic mass is 10.0. The highest BCUT2D eigenvalue weighted by Gasteiger charge is 2.25. The first-order valence-electron chi connectivity index (χ1n) is 10.5. The van der Waals surface area contributed by atoms with Crippen molar-refractivity contribution in [3.63, 3.8) is 0 Å². The number of amides is 2. The van der Waals surface area contributed by atoms with Crippen molar-refractivity contribution in [3.8, 4) is 5.75 Å². The van der Waals surface area contributed by atoms with Crippen molar-refractivity contribution in [1.82, 2.24) is 0 Å². The number of anilines is 2. The molecule has 0 bridgehead atoms. The fourth-order valence-electron chi connectivity index (χ4n) is 4.03. The fraction of sp³-hybridized carbons (Fsp3) is 0.333. The minimum absolute atomic E-state index is 0.0854. The Morgan fingerprint density at radius 3 is 2.57 bits per heavy atom. The summed E-state index contributed by atoms with van der Waals surface area (Å²) in [5, 5.41) is 6.50. The van der Waals surface area contributed by atoms with Crippen molar-refractivity contribution in [2.24, 2.45) is 5.92 Å². The van der Waals surface area contributed by atoms with E-state index in [2.05, 4.69) is 10.6 Å². The lowest BCUT2D eigenvalue weighted by Crippen LogP contribution is -2.19. The quantitative estimate of drug-likeness (QED) is 0.535. The van der Waals surface area contributed by atoms with Crippen LogP contribution in [0.15, 0.2) is 52.9 Å². The predicted molar refractivity (Wildman–Crippen MR) is 117 cm³/mol. The summed E-state index contributed by atoms with van der Waals surface area (Å²) in [6.45, 7) is 2.37. The molecule has 6 heteroatoms. The van der Waals surface area contributed by atoms with Crippen molar-refractivity contribution in [1.29, 1.82) is 0 Å². The van der Waals surface area contributed by atoms with E-state index in [-0.39, 0.29) is 11.7 Å². The zero-order chi connectivity index (χ0) is 20.9. The summed E-state index contributed by atoms with van der Waals surface area (Å²) in [4.78, 5) is 25.8. The van der Waals surface area contributed by atoms with Gasteiger partial charge >= 0.3 is 0 Å². The van der Waals surface area contributed by atoms with Crippen LogP contribution in [-0.4, -0.2) is 18.4 Å². The van der Waals surface area contributed by atoms with Gasteiger partial charge in [0.1, 0.15) is 17.0 Å². The number of nitrogens with one attached hydrogen (secondary N) is 2. The molecule has 0 aliphatic heterocycles. The molecule has 0 unspecified atom stereocenters. The minimum Gasteiger partial charge on any atom is -0.492 e. The number of furan rings is 1. The normalized spacial score (nSPS) is 14.0. The van der Waals surface area contributed by atoms with Gasteiger partial charge in [-0.1, -0.05) is 37.1 Å². The average molecular weight is 406 g/mol. The lowest BCUT2D eigenvalue weighted by Gasteiger charge is -2.12. The van der Waals surface area contributed by atoms with E-state index < -0.39 is 5.91 Å². The van der Waals surface area contributed by atoms with Gasteiger partial charge in [0.25, 0.3) is 5.91 Å². The maximum Gasteiger partial charge on any atom is 0.293 e. The Morgan fingerprint density at radius 2 is 1.77 bits per heavy atom. The number of carbonyl (C=O) groups excluding carboxylic acids is 2. The van der Waals surface area contributed by atoms with Gasteiger partial charge in [0.2, 0.25) is 11.7 Å². The summed E-state index contributed by atoms with van der Waals surface area (Å²) in [5.74, 6) is 0.559. The third kappa shape index (κ3) is 4.32. The molecule has 6 nitrogen and oxygen atoms in total. The molecule has 0 saturated heterocycles. The second-order valence-electron chi connectivity index (χ2n) is 7.59. The van der Waals surface area contributed by atoms with Gasteiger partial charge in [-0.3, -0.25) is 9.59 Å². The second kappa shape index (κ2) is 9.03. The van der Waals surface area contributed by atoms with Crippen molar-refractivity contribution < 1.29 is 18.7 Å². The number of para-hydroxylation sites is 3. The Hall–Kier alpha value is -3.28. The number of rotatable bonds is 7. The smallest absolute Gasteiger partial charge is 0.293 e. The Labute approximate surface area is 175 Å². The van der Waals surface area contributed by atoms with Gasteiger partial charge in [-0.25, -0.2) is 0 Å². The molecule has 1 saturated carbocycles. The fourth-order valence-corrected chi connectivity index (χ4v) is 4.03. The number of hydrogen-bond donors (Lipinski definition) is 2. The van der Waals surface area contributed by atoms with Gasteiger partial charge in [0.15, 0.2) is 0 Å². The van der Waals surface area contributed by atoms with Crippen LogP contribution in [0.2, 0.25) is 0 Å². The first-order valence-corrected chi connectivity index (χ1v) is 10.5. The minimum atomic E-state index is -0.436. The van der Waals surface area contributed by atoms with Gasteiger partial charge in [-0.15, -0.1) is 0 Å². The van der Waals surface area contributed by atoms with E-state index in [1.54, 1.807) is 18.2 Å². The predicted octanol–water partition coefficient (Wildman–Crippen LogP) is 5.60. The average Bonchev–Trinajstić information content (AvgIpc) is 3.38. The van der Waals surface area contributed by atoms with Crippen molar-refractivity contribution in [3.05, 3.63) is 54.3 Å². The zero-order valence-electron chi connectivity index (χ0n) is 17.1. The largest absolute Gasteiger partial charge is 0.492 e. The number of fused-ring (bicyclic) bond motifs is 1. The standard InChI is InChI=1S/C24H26N2O4/c1-2-29-20-14-8-6-12-18(20)25-24(28)23-22(17-11-5-7-13-19(17)30-23)26-21(27)15-16-9-3-4-10-16/h5-8,11-14,16H,2-4,9-10,15H2,1H3,(H,25,28)(H,26,27). The molecule has 2 aromatic carbocycles. The summed E-state index contributed by atoms with van der Waals surface area (Å²) >= 11 is 0. The van der Waals surface area contributed by atoms with E-state index in [0.29, 0.717) is 47.0 Å². The molecule has 156 valence electrons. The second-order valence-corrected chi connectivity index (χ2v) is 7.59. The van der Waals surface area contributed by atoms with E-state index in [9.17, 15) is 9.59 Å². The molecule has 1 fully saturated rings. The summed E-state index contributed by atoms with van der Waals surface area (Å²) < 4.78 is 11.4. The molecule has 0 atom stereocenters. The van der Waals surface area contributed by atoms with Crippen LogP contribution in [0, 0.1) is 5.92 Å². The summed E-state index contributed by atoms with van der Waals surface area (Å²) in [6, 6.07) is 14.5. The van der Waals surface area contributed by atoms with Crippen LogP contribution in [0.1, 0.15) is 49.6 Å². The molecular weight excluding hydrogens is 380 g/mol. The van der Waals surface area contributed by atoms with Gasteiger partial charge in [-0.05, 0) is 49.9 Å². The van der Waals surface area contributed by atoms with Crippen LogP contribution >= 0.6 is 0 Å². The third-order valence-corrected chi connectivity index (χ3v) is 5.45. The maximum atomic E-state index is 13.1. The molecule has 30 heavy (non-hydrogen) atoms. The van der Waals surface area contributed by atoms with Crippen molar-refractivity contribution in [2.45, 2.75) is 39.0 Å². The van der Waals surface area contributed by atoms with E-state index in [0.717, 1.165) is 12.8 Å². The highest BCUT2D eigenvalue weighted by molar-refractivity contribution is 6.14. The molecule has 4 rings (SSSR count). The van der Waals surface area contributed by atoms with Crippen molar-refractivity contribution >= 4 is 34.2 Å². The van der Waals surface area contributed by atoms with Gasteiger partial charge in [0.05, 0.1) is 12.3 Å². The molecule has 3 aromatic rings. The first kappa shape index (κ1) is 20.0. The molecule has 1 heterocycles. The highest BCUT2D eigenvalue weighted by Crippen LogP contribution is 2.34. The van der Waals surface area contributed by atoms with Crippen LogP contribution in [0.4, 0.5) is 11.4 Å². The highest BCUT2D eigenvalue weighted by atomic mass is 16.5. The lowest BCUT2D eigenvalue weighted by molar-refractivity contribution is -0.117. The molecule has 1 aliphatic rings. The van der Waals surface area contributed by atoms with E-state index in [4.69, 9.17) is 9.15 Å². The Balaban J connectivity index is 1.61. The molecule has 0 spiro atoms. The monoisotopic (exact) mass is 406 g/mol. The maximum absolute atomic E-state index is 13.1. The van der Waals surface area contributed by atoms with Gasteiger partial charge in [-0.2, -0.15) is 0 Å². The zero-order valence-corrected chi connectivity index (χ0v) is 17.1. The number of ether oxygens (including phenoxy) is 1. The Morgan fingerprint density at radius 1 is 1.03 bits per heavy atom. The van der Waals surface area contributed by atoms with E-state index in [1.165, 1.54) is 12.8 Å². The van der Waals surface area contributed by atoms with Crippen LogP contribution < -0.4 is 15.4 Å². The number of hydrogen-bond acceptors (Lipinski definition) is 4. The third-order valence-electron chi connectivity index (χ3n) is 5.45. The SMILES string of the molecule is CCOc1ccccc1NC(=O)c1oc2ccccc2c1NC(=O)CC1CCCC1. The van der Waals surface area contributed by atoms with E-state index >= 15 is 0 Å². The number of benzene rings is 2. The molecule has 0 radical (unpaired) electrons. The molecule has 2 N–H and O–H groups in total. The van der Waals surface area contributed by atoms with Crippen LogP contribution in [0.3, 0.4) is 0 Å². The summed E-state index contributed by atoms with van der Waals surface area (Å²) in [7, 11) is 0. The van der Waals surface area contributed by atoms with Crippen molar-refractivity contribution in [2.75, 3.05) is 17.2 Å². The molecular formula is C24H26N2O4. The Kier molecular flexibility index (Phi) is 6.02. The van der Waals surface area contributed by atoms with Gasteiger partial charge in [0, 0.05) is 11.8 Å². The van der Waals surface area contributed by atoms with Gasteiger partial charge < -0.3 is 19.8 Å². The van der Waals surface area contributed by atoms with Crippen LogP contribution in [-0.2, 0) is 4.79 Å². The van der Waals surface area contributed by atoms with Crippen LogP contribution in [0.25, 0.3) is 11.0 Å². The summed E-state index contributed by atoms with van der Waals surface area (Å²) in [5.41, 5.74) is 1.52. The van der Waals surface area contributed by atoms with Crippen LogP contribution in [0.5, 0.6) is 5.75 Å². The molecule has 2 amide bonds. The molecule has 1 aromatic heterocycles. The topological polar surface area (TPSA) is 80.6 Å². The van der Waals surface area contributed by atoms with E-state index in [1.807, 2.05) is 37.3 Å². The molecule has 1 aliphatic carbocycles. The Bertz CT molecular complexity index is 1050. The number of carbonyl (C=O) groups is 2. The summed E-state index contributed by atoms with van der Waals surface area (Å²) in [6.07, 6.45) is 4.99.